The lowest BCUT2D eigenvalue weighted by Gasteiger charge is -2.10. The Balaban J connectivity index is 1.92. The third kappa shape index (κ3) is 2.64. The monoisotopic (exact) mass is 207 g/mol. The second kappa shape index (κ2) is 4.55. The first-order chi connectivity index (χ1) is 7.25. The molecule has 15 heavy (non-hydrogen) atoms. The Morgan fingerprint density at radius 3 is 3.13 bits per heavy atom. The molecule has 0 fully saturated rings. The van der Waals surface area contributed by atoms with Gasteiger partial charge in [0.15, 0.2) is 0 Å². The van der Waals surface area contributed by atoms with Crippen LogP contribution in [0.3, 0.4) is 0 Å². The summed E-state index contributed by atoms with van der Waals surface area (Å²) in [7, 11) is 4.10. The predicted octanol–water partition coefficient (Wildman–Crippen LogP) is 0.0533. The Morgan fingerprint density at radius 2 is 2.33 bits per heavy atom. The van der Waals surface area contributed by atoms with E-state index in [2.05, 4.69) is 39.6 Å². The van der Waals surface area contributed by atoms with E-state index in [1.54, 1.807) is 0 Å². The summed E-state index contributed by atoms with van der Waals surface area (Å²) in [5.74, 6) is 0.735. The van der Waals surface area contributed by atoms with E-state index in [1.807, 2.05) is 6.20 Å². The summed E-state index contributed by atoms with van der Waals surface area (Å²) < 4.78 is 0. The molecular weight excluding hydrogens is 190 g/mol. The average Bonchev–Trinajstić information content (AvgIpc) is 2.64. The zero-order chi connectivity index (χ0) is 10.7. The zero-order valence-corrected chi connectivity index (χ0v) is 9.25. The highest BCUT2D eigenvalue weighted by Crippen LogP contribution is 2.12. The summed E-state index contributed by atoms with van der Waals surface area (Å²) in [5, 5.41) is 6.46. The van der Waals surface area contributed by atoms with E-state index in [0.717, 1.165) is 37.8 Å². The second-order valence-corrected chi connectivity index (χ2v) is 4.00. The summed E-state index contributed by atoms with van der Waals surface area (Å²) in [4.78, 5) is 10.8. The van der Waals surface area contributed by atoms with Gasteiger partial charge in [0.2, 0.25) is 5.95 Å². The van der Waals surface area contributed by atoms with E-state index in [4.69, 9.17) is 0 Å². The van der Waals surface area contributed by atoms with Gasteiger partial charge in [-0.1, -0.05) is 0 Å². The summed E-state index contributed by atoms with van der Waals surface area (Å²) in [6, 6.07) is 0. The lowest BCUT2D eigenvalue weighted by atomic mass is 10.3. The van der Waals surface area contributed by atoms with Crippen LogP contribution < -0.4 is 10.6 Å². The lowest BCUT2D eigenvalue weighted by molar-refractivity contribution is 0.425. The van der Waals surface area contributed by atoms with Crippen LogP contribution in [-0.2, 0) is 13.1 Å². The highest BCUT2D eigenvalue weighted by molar-refractivity contribution is 5.31. The molecule has 0 spiro atoms. The number of likely N-dealkylation sites (N-methyl/N-ethyl adjacent to an activating group) is 1. The Morgan fingerprint density at radius 1 is 1.47 bits per heavy atom. The van der Waals surface area contributed by atoms with Crippen LogP contribution in [0, 0.1) is 0 Å². The van der Waals surface area contributed by atoms with Crippen LogP contribution in [0.2, 0.25) is 0 Å². The van der Waals surface area contributed by atoms with E-state index in [-0.39, 0.29) is 0 Å². The summed E-state index contributed by atoms with van der Waals surface area (Å²) in [5.41, 5.74) is 2.34. The molecule has 1 aromatic heterocycles. The molecule has 2 rings (SSSR count). The Labute approximate surface area is 89.9 Å². The molecule has 1 aromatic rings. The molecule has 2 heterocycles. The lowest BCUT2D eigenvalue weighted by Crippen LogP contribution is -2.21. The Bertz CT molecular complexity index is 337. The van der Waals surface area contributed by atoms with Gasteiger partial charge >= 0.3 is 0 Å². The molecule has 1 aliphatic heterocycles. The minimum atomic E-state index is 0.735. The number of nitrogens with one attached hydrogen (secondary N) is 2. The normalized spacial score (nSPS) is 14.3. The highest BCUT2D eigenvalue weighted by Gasteiger charge is 2.12. The van der Waals surface area contributed by atoms with Crippen molar-refractivity contribution in [3.8, 4) is 0 Å². The van der Waals surface area contributed by atoms with Crippen molar-refractivity contribution in [1.82, 2.24) is 20.2 Å². The van der Waals surface area contributed by atoms with Crippen LogP contribution in [0.1, 0.15) is 11.3 Å². The van der Waals surface area contributed by atoms with E-state index in [9.17, 15) is 0 Å². The highest BCUT2D eigenvalue weighted by atomic mass is 15.1. The Hall–Kier alpha value is -1.20. The number of aromatic nitrogens is 2. The molecule has 0 unspecified atom stereocenters. The molecule has 0 aromatic carbocycles. The molecule has 0 radical (unpaired) electrons. The van der Waals surface area contributed by atoms with Gasteiger partial charge < -0.3 is 15.5 Å². The largest absolute Gasteiger partial charge is 0.353 e. The standard InChI is InChI=1S/C10H17N5/c1-15(2)4-3-12-10-13-6-8-5-11-7-9(8)14-10/h6,11H,3-5,7H2,1-2H3,(H,12,13,14). The fourth-order valence-electron chi connectivity index (χ4n) is 1.53. The van der Waals surface area contributed by atoms with Crippen molar-refractivity contribution in [1.29, 1.82) is 0 Å². The first-order valence-corrected chi connectivity index (χ1v) is 5.20. The third-order valence-corrected chi connectivity index (χ3v) is 2.40. The fraction of sp³-hybridized carbons (Fsp3) is 0.600. The van der Waals surface area contributed by atoms with Crippen molar-refractivity contribution in [3.63, 3.8) is 0 Å². The number of fused-ring (bicyclic) bond motifs is 1. The van der Waals surface area contributed by atoms with Crippen LogP contribution >= 0.6 is 0 Å². The van der Waals surface area contributed by atoms with Crippen molar-refractivity contribution in [2.75, 3.05) is 32.5 Å². The predicted molar refractivity (Wildman–Crippen MR) is 59.6 cm³/mol. The van der Waals surface area contributed by atoms with Gasteiger partial charge in [0, 0.05) is 37.9 Å². The molecule has 5 nitrogen and oxygen atoms in total. The summed E-state index contributed by atoms with van der Waals surface area (Å²) >= 11 is 0. The zero-order valence-electron chi connectivity index (χ0n) is 9.25. The number of nitrogens with zero attached hydrogens (tertiary/aromatic N) is 3. The first kappa shape index (κ1) is 10.3. The maximum Gasteiger partial charge on any atom is 0.222 e. The summed E-state index contributed by atoms with van der Waals surface area (Å²) in [6.45, 7) is 3.62. The smallest absolute Gasteiger partial charge is 0.222 e. The molecular formula is C10H17N5. The quantitative estimate of drug-likeness (QED) is 0.731. The maximum atomic E-state index is 4.45. The van der Waals surface area contributed by atoms with Crippen LogP contribution in [0.15, 0.2) is 6.20 Å². The molecule has 2 N–H and O–H groups in total. The molecule has 0 aliphatic carbocycles. The molecule has 0 saturated heterocycles. The number of rotatable bonds is 4. The molecule has 0 bridgehead atoms. The van der Waals surface area contributed by atoms with Crippen LogP contribution in [0.5, 0.6) is 0 Å². The maximum absolute atomic E-state index is 4.45. The first-order valence-electron chi connectivity index (χ1n) is 5.20. The van der Waals surface area contributed by atoms with Gasteiger partial charge in [0.05, 0.1) is 5.69 Å². The number of anilines is 1. The van der Waals surface area contributed by atoms with Crippen molar-refractivity contribution in [3.05, 3.63) is 17.5 Å². The van der Waals surface area contributed by atoms with Crippen LogP contribution in [-0.4, -0.2) is 42.1 Å². The van der Waals surface area contributed by atoms with Gasteiger partial charge in [-0.05, 0) is 14.1 Å². The molecule has 5 heteroatoms. The van der Waals surface area contributed by atoms with Gasteiger partial charge in [-0.3, -0.25) is 0 Å². The molecule has 0 amide bonds. The van der Waals surface area contributed by atoms with Crippen molar-refractivity contribution >= 4 is 5.95 Å². The average molecular weight is 207 g/mol. The SMILES string of the molecule is CN(C)CCNc1ncc2c(n1)CNC2. The third-order valence-electron chi connectivity index (χ3n) is 2.40. The minimum absolute atomic E-state index is 0.735. The van der Waals surface area contributed by atoms with Crippen LogP contribution in [0.4, 0.5) is 5.95 Å². The minimum Gasteiger partial charge on any atom is -0.353 e. The van der Waals surface area contributed by atoms with E-state index < -0.39 is 0 Å². The molecule has 82 valence electrons. The van der Waals surface area contributed by atoms with Crippen molar-refractivity contribution in [2.45, 2.75) is 13.1 Å². The second-order valence-electron chi connectivity index (χ2n) is 4.00. The van der Waals surface area contributed by atoms with E-state index >= 15 is 0 Å². The van der Waals surface area contributed by atoms with Gasteiger partial charge in [0.25, 0.3) is 0 Å². The molecule has 0 saturated carbocycles. The topological polar surface area (TPSA) is 53.1 Å². The van der Waals surface area contributed by atoms with E-state index in [1.165, 1.54) is 5.56 Å². The molecule has 0 atom stereocenters. The van der Waals surface area contributed by atoms with Gasteiger partial charge in [-0.2, -0.15) is 0 Å². The van der Waals surface area contributed by atoms with E-state index in [0.29, 0.717) is 0 Å². The van der Waals surface area contributed by atoms with Crippen molar-refractivity contribution in [2.24, 2.45) is 0 Å². The number of hydrogen-bond acceptors (Lipinski definition) is 5. The van der Waals surface area contributed by atoms with Crippen molar-refractivity contribution < 1.29 is 0 Å². The van der Waals surface area contributed by atoms with Crippen LogP contribution in [0.25, 0.3) is 0 Å². The Kier molecular flexibility index (Phi) is 3.13. The van der Waals surface area contributed by atoms with Gasteiger partial charge in [-0.15, -0.1) is 0 Å². The fourth-order valence-corrected chi connectivity index (χ4v) is 1.53. The molecule has 1 aliphatic rings. The summed E-state index contributed by atoms with van der Waals surface area (Å²) in [6.07, 6.45) is 1.90. The van der Waals surface area contributed by atoms with Gasteiger partial charge in [-0.25, -0.2) is 9.97 Å². The van der Waals surface area contributed by atoms with Gasteiger partial charge in [0.1, 0.15) is 0 Å². The number of hydrogen-bond donors (Lipinski definition) is 2.